The zero-order valence-corrected chi connectivity index (χ0v) is 7.10. The van der Waals surface area contributed by atoms with Crippen molar-refractivity contribution in [3.05, 3.63) is 0 Å². The first-order valence-electron chi connectivity index (χ1n) is 3.85. The lowest BCUT2D eigenvalue weighted by Crippen LogP contribution is -2.14. The molecule has 0 bridgehead atoms. The number of nitrogen functional groups attached to an aromatic ring is 1. The molecule has 0 atom stereocenters. The van der Waals surface area contributed by atoms with Crippen molar-refractivity contribution in [3.8, 4) is 11.6 Å². The molecule has 14 heavy (non-hydrogen) atoms. The van der Waals surface area contributed by atoms with Gasteiger partial charge < -0.3 is 20.0 Å². The molecule has 2 rings (SSSR count). The Hall–Kier alpha value is -2.05. The van der Waals surface area contributed by atoms with Crippen LogP contribution in [0.4, 0.5) is 5.82 Å². The molecule has 2 heterocycles. The second-order valence-corrected chi connectivity index (χ2v) is 2.60. The quantitative estimate of drug-likeness (QED) is 0.503. The Balaban J connectivity index is 2.39. The maximum atomic E-state index is 11.3. The number of hydrogen-bond donors (Lipinski definition) is 1. The Morgan fingerprint density at radius 3 is 3.14 bits per heavy atom. The fraction of sp³-hybridized carbons (Fsp3) is 0.286. The molecule has 0 amide bonds. The van der Waals surface area contributed by atoms with Gasteiger partial charge in [0.1, 0.15) is 6.29 Å². The van der Waals surface area contributed by atoms with Gasteiger partial charge in [0.05, 0.1) is 6.42 Å². The van der Waals surface area contributed by atoms with Crippen LogP contribution in [0.2, 0.25) is 0 Å². The Morgan fingerprint density at radius 2 is 2.43 bits per heavy atom. The van der Waals surface area contributed by atoms with E-state index in [9.17, 15) is 9.59 Å². The molecule has 7 heteroatoms. The smallest absolute Gasteiger partial charge is 0.268 e. The van der Waals surface area contributed by atoms with Crippen molar-refractivity contribution in [2.45, 2.75) is 6.42 Å². The molecule has 7 nitrogen and oxygen atoms in total. The van der Waals surface area contributed by atoms with Crippen LogP contribution in [0, 0.1) is 0 Å². The van der Waals surface area contributed by atoms with E-state index in [1.165, 1.54) is 0 Å². The number of ether oxygens (including phenoxy) is 2. The van der Waals surface area contributed by atoms with E-state index in [2.05, 4.69) is 5.10 Å². The summed E-state index contributed by atoms with van der Waals surface area (Å²) in [6, 6.07) is 0. The topological polar surface area (TPSA) is 96.4 Å². The molecule has 0 unspecified atom stereocenters. The van der Waals surface area contributed by atoms with Crippen molar-refractivity contribution in [3.63, 3.8) is 0 Å². The molecule has 0 aromatic carbocycles. The molecule has 0 saturated heterocycles. The fourth-order valence-electron chi connectivity index (χ4n) is 1.14. The lowest BCUT2D eigenvalue weighted by atomic mass is 10.4. The van der Waals surface area contributed by atoms with Crippen LogP contribution in [0.25, 0.3) is 0 Å². The summed E-state index contributed by atoms with van der Waals surface area (Å²) in [6.07, 6.45) is 0.222. The van der Waals surface area contributed by atoms with Gasteiger partial charge in [-0.1, -0.05) is 0 Å². The molecular weight excluding hydrogens is 190 g/mol. The molecule has 0 aliphatic carbocycles. The molecule has 1 aromatic heterocycles. The summed E-state index contributed by atoms with van der Waals surface area (Å²) in [7, 11) is 0. The largest absolute Gasteiger partial charge is 0.448 e. The van der Waals surface area contributed by atoms with Gasteiger partial charge in [-0.25, -0.2) is 0 Å². The van der Waals surface area contributed by atoms with Gasteiger partial charge in [0.15, 0.2) is 5.82 Å². The minimum atomic E-state index is -0.501. The van der Waals surface area contributed by atoms with E-state index in [1.54, 1.807) is 0 Å². The number of hydrogen-bond acceptors (Lipinski definition) is 6. The zero-order chi connectivity index (χ0) is 10.1. The average molecular weight is 197 g/mol. The van der Waals surface area contributed by atoms with Gasteiger partial charge in [-0.2, -0.15) is 4.68 Å². The number of nitrogens with zero attached hydrogens (tertiary/aromatic N) is 2. The molecule has 0 spiro atoms. The van der Waals surface area contributed by atoms with Crippen LogP contribution in [-0.4, -0.2) is 28.8 Å². The van der Waals surface area contributed by atoms with E-state index in [-0.39, 0.29) is 30.7 Å². The van der Waals surface area contributed by atoms with Crippen LogP contribution in [0.5, 0.6) is 11.6 Å². The number of fused-ring (bicyclic) bond motifs is 1. The Labute approximate surface area is 78.4 Å². The van der Waals surface area contributed by atoms with Crippen LogP contribution in [-0.2, 0) is 4.79 Å². The van der Waals surface area contributed by atoms with Gasteiger partial charge in [-0.3, -0.25) is 4.79 Å². The van der Waals surface area contributed by atoms with Gasteiger partial charge in [-0.05, 0) is 0 Å². The van der Waals surface area contributed by atoms with E-state index in [0.29, 0.717) is 6.29 Å². The summed E-state index contributed by atoms with van der Waals surface area (Å²) in [5, 5.41) is 3.69. The van der Waals surface area contributed by atoms with Crippen molar-refractivity contribution in [2.75, 3.05) is 12.5 Å². The summed E-state index contributed by atoms with van der Waals surface area (Å²) in [5.74, 6) is -0.00574. The normalized spacial score (nSPS) is 12.9. The van der Waals surface area contributed by atoms with Crippen LogP contribution < -0.4 is 15.2 Å². The van der Waals surface area contributed by atoms with E-state index < -0.39 is 5.91 Å². The van der Waals surface area contributed by atoms with Crippen molar-refractivity contribution in [1.29, 1.82) is 0 Å². The molecule has 1 aromatic rings. The first kappa shape index (κ1) is 8.54. The van der Waals surface area contributed by atoms with E-state index >= 15 is 0 Å². The predicted molar refractivity (Wildman–Crippen MR) is 44.1 cm³/mol. The van der Waals surface area contributed by atoms with Gasteiger partial charge >= 0.3 is 0 Å². The number of aldehydes is 1. The van der Waals surface area contributed by atoms with E-state index in [0.717, 1.165) is 4.68 Å². The average Bonchev–Trinajstić information content (AvgIpc) is 2.70. The summed E-state index contributed by atoms with van der Waals surface area (Å²) in [5.41, 5.74) is 5.45. The number of carbonyl (C=O) groups excluding carboxylic acids is 2. The maximum Gasteiger partial charge on any atom is 0.268 e. The summed E-state index contributed by atoms with van der Waals surface area (Å²) >= 11 is 0. The monoisotopic (exact) mass is 197 g/mol. The first-order valence-corrected chi connectivity index (χ1v) is 3.85. The standard InChI is InChI=1S/C7H7N3O4/c8-6-5-7(14-3-13-5)10(9-6)4(12)1-2-11/h2H,1,3H2,(H2,8,9). The third-order valence-electron chi connectivity index (χ3n) is 1.72. The SMILES string of the molecule is Nc1nn(C(=O)CC=O)c2c1OCO2. The Kier molecular flexibility index (Phi) is 1.84. The third-order valence-corrected chi connectivity index (χ3v) is 1.72. The number of nitrogens with two attached hydrogens (primary N) is 1. The highest BCUT2D eigenvalue weighted by Gasteiger charge is 2.27. The molecular formula is C7H7N3O4. The Bertz CT molecular complexity index is 398. The zero-order valence-electron chi connectivity index (χ0n) is 7.10. The highest BCUT2D eigenvalue weighted by atomic mass is 16.7. The highest BCUT2D eigenvalue weighted by molar-refractivity contribution is 5.91. The number of rotatable bonds is 2. The lowest BCUT2D eigenvalue weighted by Gasteiger charge is -1.98. The first-order chi connectivity index (χ1) is 6.74. The van der Waals surface area contributed by atoms with Gasteiger partial charge in [0.25, 0.3) is 11.8 Å². The Morgan fingerprint density at radius 1 is 1.64 bits per heavy atom. The lowest BCUT2D eigenvalue weighted by molar-refractivity contribution is -0.107. The number of aromatic nitrogens is 2. The van der Waals surface area contributed by atoms with Gasteiger partial charge in [0, 0.05) is 0 Å². The minimum Gasteiger partial charge on any atom is -0.448 e. The molecule has 1 aliphatic rings. The third kappa shape index (κ3) is 1.10. The van der Waals surface area contributed by atoms with Crippen LogP contribution in [0.15, 0.2) is 0 Å². The predicted octanol–water partition coefficient (Wildman–Crippen LogP) is -0.577. The molecule has 0 radical (unpaired) electrons. The fourth-order valence-corrected chi connectivity index (χ4v) is 1.14. The maximum absolute atomic E-state index is 11.3. The van der Waals surface area contributed by atoms with E-state index in [1.807, 2.05) is 0 Å². The van der Waals surface area contributed by atoms with Crippen molar-refractivity contribution >= 4 is 18.0 Å². The highest BCUT2D eigenvalue weighted by Crippen LogP contribution is 2.37. The van der Waals surface area contributed by atoms with E-state index in [4.69, 9.17) is 15.2 Å². The molecule has 2 N–H and O–H groups in total. The second kappa shape index (κ2) is 3.02. The minimum absolute atomic E-state index is 0.00571. The molecule has 74 valence electrons. The summed E-state index contributed by atoms with van der Waals surface area (Å²) in [6.45, 7) is 0.00571. The second-order valence-electron chi connectivity index (χ2n) is 2.60. The molecule has 0 fully saturated rings. The van der Waals surface area contributed by atoms with Gasteiger partial charge in [0.2, 0.25) is 12.5 Å². The molecule has 1 aliphatic heterocycles. The summed E-state index contributed by atoms with van der Waals surface area (Å²) < 4.78 is 10.9. The summed E-state index contributed by atoms with van der Waals surface area (Å²) in [4.78, 5) is 21.4. The van der Waals surface area contributed by atoms with Crippen molar-refractivity contribution in [2.24, 2.45) is 0 Å². The van der Waals surface area contributed by atoms with Crippen LogP contribution in [0.1, 0.15) is 11.2 Å². The van der Waals surface area contributed by atoms with Crippen molar-refractivity contribution in [1.82, 2.24) is 9.78 Å². The van der Waals surface area contributed by atoms with Crippen LogP contribution >= 0.6 is 0 Å². The number of carbonyl (C=O) groups is 2. The number of anilines is 1. The van der Waals surface area contributed by atoms with Gasteiger partial charge in [-0.15, -0.1) is 5.10 Å². The molecule has 0 saturated carbocycles. The van der Waals surface area contributed by atoms with Crippen molar-refractivity contribution < 1.29 is 19.1 Å². The van der Waals surface area contributed by atoms with Crippen LogP contribution in [0.3, 0.4) is 0 Å².